The van der Waals surface area contributed by atoms with Crippen LogP contribution in [0.4, 0.5) is 0 Å². The van der Waals surface area contributed by atoms with E-state index >= 15 is 0 Å². The van der Waals surface area contributed by atoms with E-state index in [4.69, 9.17) is 23.2 Å². The zero-order valence-electron chi connectivity index (χ0n) is 16.3. The Bertz CT molecular complexity index is 815. The molecule has 0 N–H and O–H groups in total. The fraction of sp³-hybridized carbons (Fsp3) is 0.409. The smallest absolute Gasteiger partial charge is 0.237 e. The van der Waals surface area contributed by atoms with Gasteiger partial charge in [0, 0.05) is 41.0 Å². The van der Waals surface area contributed by atoms with Crippen LogP contribution in [0.1, 0.15) is 30.3 Å². The molecule has 2 aromatic rings. The Morgan fingerprint density at radius 2 is 2.00 bits per heavy atom. The number of benzene rings is 2. The molecule has 0 saturated carbocycles. The number of hydrogen-bond donors (Lipinski definition) is 0. The zero-order chi connectivity index (χ0) is 20.1. The van der Waals surface area contributed by atoms with Crippen LogP contribution in [0, 0.1) is 5.92 Å². The van der Waals surface area contributed by atoms with Gasteiger partial charge in [0.05, 0.1) is 6.54 Å². The Hall–Kier alpha value is -1.20. The lowest BCUT2D eigenvalue weighted by Crippen LogP contribution is -2.41. The van der Waals surface area contributed by atoms with E-state index in [1.54, 1.807) is 11.8 Å². The van der Waals surface area contributed by atoms with Crippen molar-refractivity contribution in [2.45, 2.75) is 25.8 Å². The van der Waals surface area contributed by atoms with Crippen molar-refractivity contribution in [1.29, 1.82) is 0 Å². The number of halogens is 2. The van der Waals surface area contributed by atoms with Crippen LogP contribution in [-0.4, -0.2) is 41.1 Å². The Morgan fingerprint density at radius 1 is 1.21 bits per heavy atom. The molecule has 3 rings (SSSR count). The van der Waals surface area contributed by atoms with Crippen LogP contribution in [0.15, 0.2) is 48.5 Å². The summed E-state index contributed by atoms with van der Waals surface area (Å²) in [6.45, 7) is 7.07. The molecular formula is C22H26Cl2N2OS. The van der Waals surface area contributed by atoms with Crippen LogP contribution in [0.3, 0.4) is 0 Å². The monoisotopic (exact) mass is 436 g/mol. The summed E-state index contributed by atoms with van der Waals surface area (Å²) < 4.78 is 0. The molecule has 0 radical (unpaired) electrons. The molecule has 0 aliphatic carbocycles. The highest BCUT2D eigenvalue weighted by atomic mass is 35.5. The highest BCUT2D eigenvalue weighted by Crippen LogP contribution is 2.40. The minimum atomic E-state index is -0.00623. The first-order valence-electron chi connectivity index (χ1n) is 9.56. The molecule has 6 heteroatoms. The van der Waals surface area contributed by atoms with Gasteiger partial charge in [0.2, 0.25) is 5.91 Å². The summed E-state index contributed by atoms with van der Waals surface area (Å²) in [5.74, 6) is 1.55. The molecular weight excluding hydrogens is 411 g/mol. The molecule has 0 aromatic heterocycles. The van der Waals surface area contributed by atoms with Gasteiger partial charge in [0.25, 0.3) is 0 Å². The van der Waals surface area contributed by atoms with E-state index in [0.29, 0.717) is 19.0 Å². The van der Waals surface area contributed by atoms with Gasteiger partial charge in [-0.05, 0) is 29.7 Å². The van der Waals surface area contributed by atoms with Crippen molar-refractivity contribution in [3.8, 4) is 0 Å². The normalized spacial score (nSPS) is 16.9. The number of carbonyl (C=O) groups excluding carboxylic acids is 1. The van der Waals surface area contributed by atoms with Crippen LogP contribution in [-0.2, 0) is 11.3 Å². The maximum absolute atomic E-state index is 13.2. The number of rotatable bonds is 7. The molecule has 1 atom stereocenters. The van der Waals surface area contributed by atoms with Gasteiger partial charge in [0.15, 0.2) is 0 Å². The van der Waals surface area contributed by atoms with Gasteiger partial charge in [-0.3, -0.25) is 9.69 Å². The third-order valence-corrected chi connectivity index (χ3v) is 6.48. The first kappa shape index (κ1) is 21.5. The predicted molar refractivity (Wildman–Crippen MR) is 120 cm³/mol. The molecule has 3 nitrogen and oxygen atoms in total. The molecule has 1 aliphatic rings. The van der Waals surface area contributed by atoms with Crippen molar-refractivity contribution < 1.29 is 4.79 Å². The minimum absolute atomic E-state index is 0.00623. The van der Waals surface area contributed by atoms with E-state index in [-0.39, 0.29) is 11.3 Å². The number of nitrogens with zero attached hydrogens (tertiary/aromatic N) is 2. The first-order valence-corrected chi connectivity index (χ1v) is 11.4. The van der Waals surface area contributed by atoms with Crippen molar-refractivity contribution in [3.63, 3.8) is 0 Å². The summed E-state index contributed by atoms with van der Waals surface area (Å²) in [6, 6.07) is 15.7. The van der Waals surface area contributed by atoms with Crippen LogP contribution < -0.4 is 0 Å². The van der Waals surface area contributed by atoms with Crippen molar-refractivity contribution in [2.75, 3.05) is 25.4 Å². The van der Waals surface area contributed by atoms with Crippen LogP contribution in [0.2, 0.25) is 10.0 Å². The lowest BCUT2D eigenvalue weighted by molar-refractivity contribution is -0.132. The summed E-state index contributed by atoms with van der Waals surface area (Å²) >= 11 is 14.3. The molecule has 150 valence electrons. The molecule has 2 aromatic carbocycles. The summed E-state index contributed by atoms with van der Waals surface area (Å²) in [4.78, 5) is 17.4. The Balaban J connectivity index is 1.72. The third kappa shape index (κ3) is 5.66. The molecule has 1 heterocycles. The highest BCUT2D eigenvalue weighted by molar-refractivity contribution is 7.99. The quantitative estimate of drug-likeness (QED) is 0.553. The third-order valence-electron chi connectivity index (χ3n) is 4.66. The highest BCUT2D eigenvalue weighted by Gasteiger charge is 2.32. The van der Waals surface area contributed by atoms with Gasteiger partial charge in [0.1, 0.15) is 5.37 Å². The second-order valence-corrected chi connectivity index (χ2v) is 9.56. The van der Waals surface area contributed by atoms with Crippen LogP contribution in [0.5, 0.6) is 0 Å². The summed E-state index contributed by atoms with van der Waals surface area (Å²) in [6.07, 6.45) is 0. The zero-order valence-corrected chi connectivity index (χ0v) is 18.6. The summed E-state index contributed by atoms with van der Waals surface area (Å²) in [5.41, 5.74) is 2.14. The number of carbonyl (C=O) groups is 1. The maximum Gasteiger partial charge on any atom is 0.237 e. The van der Waals surface area contributed by atoms with Crippen LogP contribution in [0.25, 0.3) is 0 Å². The van der Waals surface area contributed by atoms with Crippen molar-refractivity contribution in [2.24, 2.45) is 5.92 Å². The second-order valence-electron chi connectivity index (χ2n) is 7.53. The SMILES string of the molecule is CC(C)CN(CC(=O)N1CCS[C@H]1c1ccccc1Cl)Cc1cccc(Cl)c1. The second kappa shape index (κ2) is 10.0. The molecule has 0 unspecified atom stereocenters. The van der Waals surface area contributed by atoms with Crippen LogP contribution >= 0.6 is 35.0 Å². The largest absolute Gasteiger partial charge is 0.325 e. The van der Waals surface area contributed by atoms with Gasteiger partial charge < -0.3 is 4.90 Å². The number of hydrogen-bond acceptors (Lipinski definition) is 3. The molecule has 1 saturated heterocycles. The fourth-order valence-corrected chi connectivity index (χ4v) is 5.37. The minimum Gasteiger partial charge on any atom is -0.325 e. The molecule has 0 spiro atoms. The van der Waals surface area contributed by atoms with Crippen molar-refractivity contribution in [1.82, 2.24) is 9.80 Å². The van der Waals surface area contributed by atoms with Gasteiger partial charge in [-0.25, -0.2) is 0 Å². The molecule has 28 heavy (non-hydrogen) atoms. The lowest BCUT2D eigenvalue weighted by Gasteiger charge is -2.29. The fourth-order valence-electron chi connectivity index (χ4n) is 3.54. The van der Waals surface area contributed by atoms with Gasteiger partial charge >= 0.3 is 0 Å². The average molecular weight is 437 g/mol. The van der Waals surface area contributed by atoms with Gasteiger partial charge in [-0.1, -0.05) is 67.4 Å². The summed E-state index contributed by atoms with van der Waals surface area (Å²) in [7, 11) is 0. The van der Waals surface area contributed by atoms with E-state index in [1.165, 1.54) is 0 Å². The first-order chi connectivity index (χ1) is 13.4. The molecule has 1 amide bonds. The predicted octanol–water partition coefficient (Wildman–Crippen LogP) is 5.73. The van der Waals surface area contributed by atoms with Crippen molar-refractivity contribution in [3.05, 3.63) is 69.7 Å². The van der Waals surface area contributed by atoms with Gasteiger partial charge in [-0.15, -0.1) is 11.8 Å². The number of thioether (sulfide) groups is 1. The van der Waals surface area contributed by atoms with E-state index in [2.05, 4.69) is 24.8 Å². The lowest BCUT2D eigenvalue weighted by atomic mass is 10.1. The van der Waals surface area contributed by atoms with Crippen molar-refractivity contribution >= 4 is 40.9 Å². The average Bonchev–Trinajstić information content (AvgIpc) is 3.11. The Labute approximate surface area is 182 Å². The maximum atomic E-state index is 13.2. The number of amides is 1. The van der Waals surface area contributed by atoms with Gasteiger partial charge in [-0.2, -0.15) is 0 Å². The van der Waals surface area contributed by atoms with E-state index in [1.807, 2.05) is 47.4 Å². The Morgan fingerprint density at radius 3 is 2.71 bits per heavy atom. The molecule has 1 aliphatic heterocycles. The standard InChI is InChI=1S/C22H26Cl2N2OS/c1-16(2)13-25(14-17-6-5-7-18(23)12-17)15-21(27)26-10-11-28-22(26)19-8-3-4-9-20(19)24/h3-9,12,16,22H,10-11,13-15H2,1-2H3/t22-/m0/s1. The molecule has 0 bridgehead atoms. The molecule has 1 fully saturated rings. The van der Waals surface area contributed by atoms with E-state index in [0.717, 1.165) is 40.0 Å². The van der Waals surface area contributed by atoms with E-state index in [9.17, 15) is 4.79 Å². The summed E-state index contributed by atoms with van der Waals surface area (Å²) in [5, 5.41) is 1.44. The van der Waals surface area contributed by atoms with E-state index < -0.39 is 0 Å². The topological polar surface area (TPSA) is 23.6 Å². The Kier molecular flexibility index (Phi) is 7.69.